The zero-order valence-electron chi connectivity index (χ0n) is 8.68. The Morgan fingerprint density at radius 2 is 1.65 bits per heavy atom. The van der Waals surface area contributed by atoms with Gasteiger partial charge in [-0.3, -0.25) is 0 Å². The number of hydrogen-bond donors (Lipinski definition) is 0. The Balaban J connectivity index is 2.31. The molecule has 0 saturated heterocycles. The second kappa shape index (κ2) is 3.73. The Morgan fingerprint density at radius 3 is 2.00 bits per heavy atom. The summed E-state index contributed by atoms with van der Waals surface area (Å²) in [6, 6.07) is 0. The van der Waals surface area contributed by atoms with Crippen LogP contribution in [0.1, 0.15) is 25.7 Å². The number of alkyl halides is 4. The summed E-state index contributed by atoms with van der Waals surface area (Å²) in [5, 5.41) is -5.20. The second-order valence-electron chi connectivity index (χ2n) is 4.86. The summed E-state index contributed by atoms with van der Waals surface area (Å²) in [5.41, 5.74) is 0. The van der Waals surface area contributed by atoms with Crippen molar-refractivity contribution in [1.82, 2.24) is 0 Å². The SMILES string of the molecule is O=S(=O)(Cl)C(F)(F)C(F)(F)C1CC2CCC1C2. The lowest BCUT2D eigenvalue weighted by Gasteiger charge is -2.33. The molecule has 2 aliphatic carbocycles. The van der Waals surface area contributed by atoms with Gasteiger partial charge >= 0.3 is 20.2 Å². The summed E-state index contributed by atoms with van der Waals surface area (Å²) >= 11 is 0. The molecule has 0 amide bonds. The monoisotopic (exact) mass is 294 g/mol. The van der Waals surface area contributed by atoms with Gasteiger partial charge in [0.25, 0.3) is 0 Å². The van der Waals surface area contributed by atoms with E-state index in [0.29, 0.717) is 12.8 Å². The molecule has 2 nitrogen and oxygen atoms in total. The summed E-state index contributed by atoms with van der Waals surface area (Å²) in [4.78, 5) is 0. The zero-order valence-corrected chi connectivity index (χ0v) is 10.2. The Labute approximate surface area is 101 Å². The minimum atomic E-state index is -5.63. The average molecular weight is 295 g/mol. The lowest BCUT2D eigenvalue weighted by molar-refractivity contribution is -0.199. The van der Waals surface area contributed by atoms with Crippen molar-refractivity contribution in [2.24, 2.45) is 17.8 Å². The topological polar surface area (TPSA) is 34.1 Å². The van der Waals surface area contributed by atoms with E-state index in [0.717, 1.165) is 6.42 Å². The molecule has 2 fully saturated rings. The maximum Gasteiger partial charge on any atom is 0.421 e. The van der Waals surface area contributed by atoms with E-state index < -0.39 is 32.1 Å². The van der Waals surface area contributed by atoms with Crippen molar-refractivity contribution in [3.05, 3.63) is 0 Å². The van der Waals surface area contributed by atoms with E-state index in [9.17, 15) is 26.0 Å². The van der Waals surface area contributed by atoms with Crippen LogP contribution in [0.4, 0.5) is 17.6 Å². The highest BCUT2D eigenvalue weighted by Crippen LogP contribution is 2.58. The van der Waals surface area contributed by atoms with Gasteiger partial charge in [-0.1, -0.05) is 6.42 Å². The molecule has 2 rings (SSSR count). The third-order valence-electron chi connectivity index (χ3n) is 3.90. The second-order valence-corrected chi connectivity index (χ2v) is 7.47. The minimum Gasteiger partial charge on any atom is -0.206 e. The van der Waals surface area contributed by atoms with Crippen LogP contribution in [0.3, 0.4) is 0 Å². The van der Waals surface area contributed by atoms with Crippen LogP contribution in [0.25, 0.3) is 0 Å². The summed E-state index contributed by atoms with van der Waals surface area (Å²) in [6.07, 6.45) is 1.66. The van der Waals surface area contributed by atoms with Crippen LogP contribution in [-0.2, 0) is 9.05 Å². The van der Waals surface area contributed by atoms with Crippen molar-refractivity contribution in [2.45, 2.75) is 36.9 Å². The summed E-state index contributed by atoms with van der Waals surface area (Å²) in [6.45, 7) is 0. The van der Waals surface area contributed by atoms with Crippen LogP contribution in [0, 0.1) is 17.8 Å². The standard InChI is InChI=1S/C9H11ClF4O2S/c10-17(15,16)9(13,14)8(11,12)7-4-5-1-2-6(7)3-5/h5-7H,1-4H2. The molecule has 3 atom stereocenters. The maximum absolute atomic E-state index is 13.6. The molecule has 0 aromatic carbocycles. The first-order valence-electron chi connectivity index (χ1n) is 5.27. The van der Waals surface area contributed by atoms with E-state index in [1.54, 1.807) is 0 Å². The normalized spacial score (nSPS) is 34.3. The molecule has 2 saturated carbocycles. The van der Waals surface area contributed by atoms with Crippen molar-refractivity contribution in [1.29, 1.82) is 0 Å². The highest BCUT2D eigenvalue weighted by Gasteiger charge is 2.71. The first-order valence-corrected chi connectivity index (χ1v) is 7.58. The van der Waals surface area contributed by atoms with Crippen LogP contribution in [0.2, 0.25) is 0 Å². The molecule has 0 heterocycles. The fourth-order valence-electron chi connectivity index (χ4n) is 3.07. The summed E-state index contributed by atoms with van der Waals surface area (Å²) < 4.78 is 74.9. The van der Waals surface area contributed by atoms with Crippen molar-refractivity contribution in [3.63, 3.8) is 0 Å². The predicted molar refractivity (Wildman–Crippen MR) is 53.6 cm³/mol. The highest BCUT2D eigenvalue weighted by atomic mass is 35.7. The lowest BCUT2D eigenvalue weighted by atomic mass is 9.84. The quantitative estimate of drug-likeness (QED) is 0.591. The largest absolute Gasteiger partial charge is 0.421 e. The number of hydrogen-bond acceptors (Lipinski definition) is 2. The first-order chi connectivity index (χ1) is 7.57. The van der Waals surface area contributed by atoms with Crippen LogP contribution >= 0.6 is 10.7 Å². The number of rotatable bonds is 3. The van der Waals surface area contributed by atoms with Gasteiger partial charge in [0, 0.05) is 16.6 Å². The highest BCUT2D eigenvalue weighted by molar-refractivity contribution is 8.14. The van der Waals surface area contributed by atoms with Crippen molar-refractivity contribution < 1.29 is 26.0 Å². The summed E-state index contributed by atoms with van der Waals surface area (Å²) in [7, 11) is -1.19. The van der Waals surface area contributed by atoms with Crippen molar-refractivity contribution in [3.8, 4) is 0 Å². The third-order valence-corrected chi connectivity index (χ3v) is 5.36. The molecule has 0 aliphatic heterocycles. The van der Waals surface area contributed by atoms with Gasteiger partial charge < -0.3 is 0 Å². The summed E-state index contributed by atoms with van der Waals surface area (Å²) in [5.74, 6) is -6.67. The lowest BCUT2D eigenvalue weighted by Crippen LogP contribution is -2.51. The fourth-order valence-corrected chi connectivity index (χ4v) is 3.85. The molecule has 0 aromatic heterocycles. The molecule has 100 valence electrons. The molecule has 8 heteroatoms. The molecule has 0 radical (unpaired) electrons. The molecule has 2 bridgehead atoms. The molecule has 3 unspecified atom stereocenters. The number of fused-ring (bicyclic) bond motifs is 2. The minimum absolute atomic E-state index is 0.0182. The number of halogens is 5. The smallest absolute Gasteiger partial charge is 0.206 e. The van der Waals surface area contributed by atoms with Crippen LogP contribution in [-0.4, -0.2) is 19.6 Å². The Hall–Kier alpha value is -0.0400. The molecule has 0 N–H and O–H groups in total. The van der Waals surface area contributed by atoms with Crippen LogP contribution in [0.5, 0.6) is 0 Å². The van der Waals surface area contributed by atoms with Gasteiger partial charge in [-0.2, -0.15) is 17.6 Å². The third kappa shape index (κ3) is 1.85. The molecule has 0 aromatic rings. The first kappa shape index (κ1) is 13.4. The molecular formula is C9H11ClF4O2S. The molecule has 17 heavy (non-hydrogen) atoms. The van der Waals surface area contributed by atoms with Gasteiger partial charge in [0.2, 0.25) is 0 Å². The van der Waals surface area contributed by atoms with Gasteiger partial charge in [0.1, 0.15) is 0 Å². The van der Waals surface area contributed by atoms with E-state index >= 15 is 0 Å². The van der Waals surface area contributed by atoms with E-state index in [2.05, 4.69) is 10.7 Å². The molecule has 0 spiro atoms. The van der Waals surface area contributed by atoms with E-state index in [1.807, 2.05) is 0 Å². The van der Waals surface area contributed by atoms with E-state index in [-0.39, 0.29) is 12.3 Å². The fraction of sp³-hybridized carbons (Fsp3) is 1.00. The van der Waals surface area contributed by atoms with Gasteiger partial charge in [-0.15, -0.1) is 0 Å². The predicted octanol–water partition coefficient (Wildman–Crippen LogP) is 3.22. The molecule has 2 aliphatic rings. The van der Waals surface area contributed by atoms with Gasteiger partial charge in [-0.05, 0) is 31.1 Å². The van der Waals surface area contributed by atoms with E-state index in [1.165, 1.54) is 0 Å². The van der Waals surface area contributed by atoms with Gasteiger partial charge in [0.05, 0.1) is 0 Å². The maximum atomic E-state index is 13.6. The Bertz CT molecular complexity index is 423. The van der Waals surface area contributed by atoms with Gasteiger partial charge in [0.15, 0.2) is 0 Å². The van der Waals surface area contributed by atoms with Crippen LogP contribution in [0.15, 0.2) is 0 Å². The zero-order chi connectivity index (χ0) is 13.1. The Morgan fingerprint density at radius 1 is 1.06 bits per heavy atom. The molecular weight excluding hydrogens is 284 g/mol. The van der Waals surface area contributed by atoms with Crippen LogP contribution < -0.4 is 0 Å². The van der Waals surface area contributed by atoms with E-state index in [4.69, 9.17) is 0 Å². The van der Waals surface area contributed by atoms with Crippen molar-refractivity contribution >= 4 is 19.7 Å². The average Bonchev–Trinajstić information content (AvgIpc) is 2.76. The van der Waals surface area contributed by atoms with Gasteiger partial charge in [-0.25, -0.2) is 8.42 Å². The van der Waals surface area contributed by atoms with Crippen molar-refractivity contribution in [2.75, 3.05) is 0 Å². The Kier molecular flexibility index (Phi) is 2.94.